The third kappa shape index (κ3) is 2.48. The van der Waals surface area contributed by atoms with Crippen LogP contribution in [0.3, 0.4) is 0 Å². The maximum Gasteiger partial charge on any atom is 0.327 e. The summed E-state index contributed by atoms with van der Waals surface area (Å²) in [6.45, 7) is 3.57. The molecule has 0 aliphatic rings. The highest BCUT2D eigenvalue weighted by Gasteiger charge is 2.18. The Labute approximate surface area is 131 Å². The quantitative estimate of drug-likeness (QED) is 0.694. The molecule has 0 unspecified atom stereocenters. The van der Waals surface area contributed by atoms with Gasteiger partial charge in [0, 0.05) is 11.3 Å². The molecule has 0 bridgehead atoms. The second-order valence-corrected chi connectivity index (χ2v) is 5.62. The summed E-state index contributed by atoms with van der Waals surface area (Å²) in [5.74, 6) is -0.392. The number of halogens is 1. The van der Waals surface area contributed by atoms with Crippen molar-refractivity contribution in [3.05, 3.63) is 46.3 Å². The minimum absolute atomic E-state index is 0.0270. The standard InChI is InChI=1S/C16H16FN3O3/c1-9(2)15-18-19(8-14(21)23-3)16(22)13-6-10-4-5-11(17)7-12(10)20(13)15/h4-7,9H,8H2,1-3H3. The van der Waals surface area contributed by atoms with Crippen molar-refractivity contribution in [2.24, 2.45) is 0 Å². The molecule has 2 aromatic heterocycles. The number of esters is 1. The minimum atomic E-state index is -0.555. The van der Waals surface area contributed by atoms with Crippen molar-refractivity contribution in [1.82, 2.24) is 14.2 Å². The maximum atomic E-state index is 13.6. The molecule has 6 nitrogen and oxygen atoms in total. The average molecular weight is 317 g/mol. The number of hydrogen-bond acceptors (Lipinski definition) is 4. The van der Waals surface area contributed by atoms with Crippen LogP contribution in [0.5, 0.6) is 0 Å². The van der Waals surface area contributed by atoms with Gasteiger partial charge in [-0.25, -0.2) is 9.07 Å². The Balaban J connectivity index is 2.40. The molecule has 0 aliphatic heterocycles. The summed E-state index contributed by atoms with van der Waals surface area (Å²) in [6, 6.07) is 6.02. The molecule has 3 aromatic rings. The van der Waals surface area contributed by atoms with Crippen molar-refractivity contribution in [2.75, 3.05) is 7.11 Å². The van der Waals surface area contributed by atoms with Crippen LogP contribution in [0.4, 0.5) is 4.39 Å². The molecule has 0 amide bonds. The second-order valence-electron chi connectivity index (χ2n) is 5.62. The zero-order valence-corrected chi connectivity index (χ0v) is 13.0. The summed E-state index contributed by atoms with van der Waals surface area (Å²) in [6.07, 6.45) is 0. The van der Waals surface area contributed by atoms with E-state index in [1.807, 2.05) is 13.8 Å². The van der Waals surface area contributed by atoms with Gasteiger partial charge in [-0.15, -0.1) is 0 Å². The van der Waals surface area contributed by atoms with E-state index in [4.69, 9.17) is 0 Å². The summed E-state index contributed by atoms with van der Waals surface area (Å²) >= 11 is 0. The van der Waals surface area contributed by atoms with E-state index < -0.39 is 11.5 Å². The van der Waals surface area contributed by atoms with Crippen molar-refractivity contribution in [3.8, 4) is 0 Å². The fourth-order valence-electron chi connectivity index (χ4n) is 2.59. The molecular formula is C16H16FN3O3. The van der Waals surface area contributed by atoms with E-state index >= 15 is 0 Å². The zero-order chi connectivity index (χ0) is 16.7. The Morgan fingerprint density at radius 1 is 1.30 bits per heavy atom. The fraction of sp³-hybridized carbons (Fsp3) is 0.312. The second kappa shape index (κ2) is 5.49. The topological polar surface area (TPSA) is 65.6 Å². The van der Waals surface area contributed by atoms with Crippen molar-refractivity contribution in [3.63, 3.8) is 0 Å². The first-order valence-electron chi connectivity index (χ1n) is 7.21. The van der Waals surface area contributed by atoms with Gasteiger partial charge in [0.15, 0.2) is 0 Å². The van der Waals surface area contributed by atoms with Crippen LogP contribution < -0.4 is 5.56 Å². The van der Waals surface area contributed by atoms with Gasteiger partial charge in [0.1, 0.15) is 23.7 Å². The Kier molecular flexibility index (Phi) is 3.63. The molecule has 0 spiro atoms. The lowest BCUT2D eigenvalue weighted by Crippen LogP contribution is -2.30. The highest BCUT2D eigenvalue weighted by atomic mass is 19.1. The Morgan fingerprint density at radius 3 is 2.70 bits per heavy atom. The molecule has 0 saturated heterocycles. The SMILES string of the molecule is COC(=O)Cn1nc(C(C)C)n2c(cc3ccc(F)cc32)c1=O. The van der Waals surface area contributed by atoms with Gasteiger partial charge in [0.25, 0.3) is 5.56 Å². The Morgan fingerprint density at radius 2 is 2.04 bits per heavy atom. The first-order valence-corrected chi connectivity index (χ1v) is 7.21. The van der Waals surface area contributed by atoms with Crippen molar-refractivity contribution < 1.29 is 13.9 Å². The van der Waals surface area contributed by atoms with E-state index in [-0.39, 0.29) is 18.3 Å². The van der Waals surface area contributed by atoms with Crippen LogP contribution in [0.15, 0.2) is 29.1 Å². The summed E-state index contributed by atoms with van der Waals surface area (Å²) in [5.41, 5.74) is 0.517. The number of methoxy groups -OCH3 is 1. The molecule has 0 saturated carbocycles. The number of carbonyl (C=O) groups excluding carboxylic acids is 1. The van der Waals surface area contributed by atoms with E-state index in [1.54, 1.807) is 16.5 Å². The van der Waals surface area contributed by atoms with Crippen molar-refractivity contribution in [1.29, 1.82) is 0 Å². The van der Waals surface area contributed by atoms with Crippen LogP contribution in [-0.2, 0) is 16.1 Å². The van der Waals surface area contributed by atoms with E-state index in [0.717, 1.165) is 10.1 Å². The molecule has 1 aromatic carbocycles. The number of rotatable bonds is 3. The monoisotopic (exact) mass is 317 g/mol. The van der Waals surface area contributed by atoms with E-state index in [9.17, 15) is 14.0 Å². The molecule has 0 aliphatic carbocycles. The fourth-order valence-corrected chi connectivity index (χ4v) is 2.59. The number of aromatic nitrogens is 3. The molecular weight excluding hydrogens is 301 g/mol. The lowest BCUT2D eigenvalue weighted by Gasteiger charge is -2.12. The van der Waals surface area contributed by atoms with Gasteiger partial charge in [0.2, 0.25) is 0 Å². The zero-order valence-electron chi connectivity index (χ0n) is 13.0. The van der Waals surface area contributed by atoms with Gasteiger partial charge in [0.05, 0.1) is 12.6 Å². The first-order chi connectivity index (χ1) is 10.9. The van der Waals surface area contributed by atoms with Gasteiger partial charge in [-0.3, -0.25) is 14.0 Å². The summed E-state index contributed by atoms with van der Waals surface area (Å²) in [5, 5.41) is 5.02. The van der Waals surface area contributed by atoms with Gasteiger partial charge in [-0.05, 0) is 24.3 Å². The Hall–Kier alpha value is -2.70. The highest BCUT2D eigenvalue weighted by Crippen LogP contribution is 2.23. The lowest BCUT2D eigenvalue weighted by molar-refractivity contribution is -0.141. The predicted octanol–water partition coefficient (Wildman–Crippen LogP) is 2.08. The number of carbonyl (C=O) groups is 1. The van der Waals surface area contributed by atoms with Gasteiger partial charge in [-0.1, -0.05) is 13.8 Å². The van der Waals surface area contributed by atoms with E-state index in [0.29, 0.717) is 16.9 Å². The summed E-state index contributed by atoms with van der Waals surface area (Å²) in [7, 11) is 1.25. The number of ether oxygens (including phenoxy) is 1. The molecule has 7 heteroatoms. The highest BCUT2D eigenvalue weighted by molar-refractivity contribution is 5.87. The summed E-state index contributed by atoms with van der Waals surface area (Å²) < 4.78 is 20.9. The maximum absolute atomic E-state index is 13.6. The number of fused-ring (bicyclic) bond motifs is 3. The molecule has 120 valence electrons. The molecule has 0 atom stereocenters. The van der Waals surface area contributed by atoms with E-state index in [1.165, 1.54) is 19.2 Å². The van der Waals surface area contributed by atoms with Gasteiger partial charge in [-0.2, -0.15) is 5.10 Å². The molecule has 2 heterocycles. The van der Waals surface area contributed by atoms with Crippen LogP contribution in [0.2, 0.25) is 0 Å². The largest absolute Gasteiger partial charge is 0.468 e. The third-order valence-electron chi connectivity index (χ3n) is 3.70. The van der Waals surface area contributed by atoms with E-state index in [2.05, 4.69) is 9.84 Å². The number of hydrogen-bond donors (Lipinski definition) is 0. The van der Waals surface area contributed by atoms with Crippen LogP contribution in [0.1, 0.15) is 25.6 Å². The molecule has 23 heavy (non-hydrogen) atoms. The van der Waals surface area contributed by atoms with Crippen molar-refractivity contribution in [2.45, 2.75) is 26.3 Å². The van der Waals surface area contributed by atoms with Crippen LogP contribution in [-0.4, -0.2) is 27.3 Å². The van der Waals surface area contributed by atoms with Crippen LogP contribution in [0, 0.1) is 5.82 Å². The minimum Gasteiger partial charge on any atom is -0.468 e. The molecule has 0 radical (unpaired) electrons. The van der Waals surface area contributed by atoms with Crippen LogP contribution in [0.25, 0.3) is 16.4 Å². The first kappa shape index (κ1) is 15.2. The predicted molar refractivity (Wildman–Crippen MR) is 83.0 cm³/mol. The summed E-state index contributed by atoms with van der Waals surface area (Å²) in [4.78, 5) is 24.1. The number of benzene rings is 1. The molecule has 0 N–H and O–H groups in total. The normalized spacial score (nSPS) is 11.5. The smallest absolute Gasteiger partial charge is 0.327 e. The van der Waals surface area contributed by atoms with Gasteiger partial charge < -0.3 is 4.74 Å². The molecule has 3 rings (SSSR count). The lowest BCUT2D eigenvalue weighted by atomic mass is 10.2. The van der Waals surface area contributed by atoms with Crippen LogP contribution >= 0.6 is 0 Å². The average Bonchev–Trinajstić information content (AvgIpc) is 2.88. The van der Waals surface area contributed by atoms with Gasteiger partial charge >= 0.3 is 5.97 Å². The Bertz CT molecular complexity index is 972. The third-order valence-corrected chi connectivity index (χ3v) is 3.70. The molecule has 0 fully saturated rings. The number of nitrogens with zero attached hydrogens (tertiary/aromatic N) is 3. The van der Waals surface area contributed by atoms with Crippen molar-refractivity contribution >= 4 is 22.4 Å².